The first kappa shape index (κ1) is 26.8. The van der Waals surface area contributed by atoms with Gasteiger partial charge in [-0.3, -0.25) is 9.59 Å². The van der Waals surface area contributed by atoms with E-state index in [0.717, 1.165) is 18.4 Å². The fraction of sp³-hybridized carbons (Fsp3) is 0.276. The molecule has 41 heavy (non-hydrogen) atoms. The van der Waals surface area contributed by atoms with E-state index in [0.29, 0.717) is 40.6 Å². The van der Waals surface area contributed by atoms with Crippen molar-refractivity contribution >= 4 is 34.8 Å². The lowest BCUT2D eigenvalue weighted by molar-refractivity contribution is -0.143. The van der Waals surface area contributed by atoms with Gasteiger partial charge in [-0.05, 0) is 36.6 Å². The third kappa shape index (κ3) is 5.23. The molecule has 6 rings (SSSR count). The van der Waals surface area contributed by atoms with Gasteiger partial charge in [-0.1, -0.05) is 18.2 Å². The Labute approximate surface area is 239 Å². The Kier molecular flexibility index (Phi) is 6.88. The molecule has 0 spiro atoms. The maximum absolute atomic E-state index is 14.6. The number of amides is 2. The number of ether oxygens (including phenoxy) is 1. The third-order valence-corrected chi connectivity index (χ3v) is 8.02. The monoisotopic (exact) mass is 574 g/mol. The standard InChI is InChI=1S/C29H27FN6O4S/c1-31-25(37)19-13-22(24(14-20(19)30)40-18-6-7-18)35-28-32-10-8-21(34-28)23-15-41-26(33-23)16-4-3-5-17(12-16)29(39)9-11-36(2)27(29)38/h3-5,8,10,12-15,18,39H,6-7,9,11H2,1-2H3,(H,31,37)(H,32,34,35)/t29-/m1/s1. The van der Waals surface area contributed by atoms with Crippen molar-refractivity contribution in [2.45, 2.75) is 31.0 Å². The molecular weight excluding hydrogens is 547 g/mol. The number of rotatable bonds is 8. The van der Waals surface area contributed by atoms with Gasteiger partial charge in [-0.15, -0.1) is 11.3 Å². The van der Waals surface area contributed by atoms with Gasteiger partial charge in [-0.2, -0.15) is 0 Å². The van der Waals surface area contributed by atoms with E-state index in [1.807, 2.05) is 11.4 Å². The molecule has 0 bridgehead atoms. The van der Waals surface area contributed by atoms with Crippen LogP contribution in [0.2, 0.25) is 0 Å². The first-order valence-electron chi connectivity index (χ1n) is 13.1. The molecule has 0 unspecified atom stereocenters. The van der Waals surface area contributed by atoms with Crippen molar-refractivity contribution < 1.29 is 23.8 Å². The molecule has 210 valence electrons. The maximum atomic E-state index is 14.6. The zero-order chi connectivity index (χ0) is 28.7. The van der Waals surface area contributed by atoms with Gasteiger partial charge in [0.1, 0.15) is 22.3 Å². The van der Waals surface area contributed by atoms with Crippen molar-refractivity contribution in [1.29, 1.82) is 0 Å². The lowest BCUT2D eigenvalue weighted by atomic mass is 9.91. The number of nitrogens with one attached hydrogen (secondary N) is 2. The van der Waals surface area contributed by atoms with Crippen LogP contribution < -0.4 is 15.4 Å². The molecule has 10 nitrogen and oxygen atoms in total. The van der Waals surface area contributed by atoms with Crippen LogP contribution in [0.25, 0.3) is 22.0 Å². The topological polar surface area (TPSA) is 130 Å². The normalized spacial score (nSPS) is 18.4. The van der Waals surface area contributed by atoms with Gasteiger partial charge in [0.05, 0.1) is 23.0 Å². The Morgan fingerprint density at radius 1 is 1.20 bits per heavy atom. The maximum Gasteiger partial charge on any atom is 0.258 e. The molecule has 3 heterocycles. The van der Waals surface area contributed by atoms with Crippen LogP contribution in [0.3, 0.4) is 0 Å². The molecular formula is C29H27FN6O4S. The Morgan fingerprint density at radius 2 is 2.02 bits per heavy atom. The van der Waals surface area contributed by atoms with Crippen LogP contribution in [0.1, 0.15) is 35.2 Å². The van der Waals surface area contributed by atoms with Crippen LogP contribution in [0, 0.1) is 5.82 Å². The smallest absolute Gasteiger partial charge is 0.258 e. The highest BCUT2D eigenvalue weighted by Gasteiger charge is 2.45. The van der Waals surface area contributed by atoms with Gasteiger partial charge < -0.3 is 25.4 Å². The first-order valence-corrected chi connectivity index (χ1v) is 14.0. The van der Waals surface area contributed by atoms with Gasteiger partial charge in [0, 0.05) is 50.3 Å². The highest BCUT2D eigenvalue weighted by molar-refractivity contribution is 7.13. The molecule has 2 aromatic carbocycles. The number of aliphatic hydroxyl groups is 1. The van der Waals surface area contributed by atoms with E-state index in [1.54, 1.807) is 37.5 Å². The van der Waals surface area contributed by atoms with Crippen LogP contribution in [-0.2, 0) is 10.4 Å². The van der Waals surface area contributed by atoms with Gasteiger partial charge in [0.15, 0.2) is 5.60 Å². The molecule has 1 saturated carbocycles. The number of thiazole rings is 1. The van der Waals surface area contributed by atoms with Crippen molar-refractivity contribution in [3.05, 3.63) is 71.0 Å². The number of likely N-dealkylation sites (N-methyl/N-ethyl adjacent to an activating group) is 1. The quantitative estimate of drug-likeness (QED) is 0.287. The highest BCUT2D eigenvalue weighted by Crippen LogP contribution is 2.37. The fourth-order valence-corrected chi connectivity index (χ4v) is 5.47. The van der Waals surface area contributed by atoms with Gasteiger partial charge in [-0.25, -0.2) is 19.3 Å². The Bertz CT molecular complexity index is 1660. The summed E-state index contributed by atoms with van der Waals surface area (Å²) >= 11 is 1.41. The predicted octanol–water partition coefficient (Wildman–Crippen LogP) is 4.10. The Hall–Kier alpha value is -4.42. The molecule has 1 atom stereocenters. The molecule has 0 radical (unpaired) electrons. The summed E-state index contributed by atoms with van der Waals surface area (Å²) in [4.78, 5) is 39.9. The molecule has 4 aromatic rings. The van der Waals surface area contributed by atoms with Crippen molar-refractivity contribution in [3.8, 4) is 27.7 Å². The zero-order valence-electron chi connectivity index (χ0n) is 22.3. The van der Waals surface area contributed by atoms with Gasteiger partial charge >= 0.3 is 0 Å². The van der Waals surface area contributed by atoms with Crippen molar-refractivity contribution in [2.75, 3.05) is 26.0 Å². The van der Waals surface area contributed by atoms with Crippen molar-refractivity contribution in [3.63, 3.8) is 0 Å². The molecule has 1 aliphatic heterocycles. The van der Waals surface area contributed by atoms with Crippen LogP contribution >= 0.6 is 11.3 Å². The van der Waals surface area contributed by atoms with E-state index in [2.05, 4.69) is 20.6 Å². The minimum absolute atomic E-state index is 0.00777. The number of benzene rings is 2. The number of hydrogen-bond acceptors (Lipinski definition) is 9. The average Bonchev–Trinajstić information content (AvgIpc) is 3.59. The number of likely N-dealkylation sites (tertiary alicyclic amines) is 1. The summed E-state index contributed by atoms with van der Waals surface area (Å²) in [7, 11) is 3.11. The van der Waals surface area contributed by atoms with Crippen LogP contribution in [0.4, 0.5) is 16.0 Å². The van der Waals surface area contributed by atoms with E-state index in [1.165, 1.54) is 35.4 Å². The number of halogens is 1. The summed E-state index contributed by atoms with van der Waals surface area (Å²) in [6.07, 6.45) is 3.68. The second kappa shape index (κ2) is 10.5. The summed E-state index contributed by atoms with van der Waals surface area (Å²) in [5.41, 5.74) is 1.16. The fourth-order valence-electron chi connectivity index (χ4n) is 4.66. The summed E-state index contributed by atoms with van der Waals surface area (Å²) in [5, 5.41) is 19.1. The molecule has 12 heteroatoms. The van der Waals surface area contributed by atoms with Crippen molar-refractivity contribution in [1.82, 2.24) is 25.2 Å². The SMILES string of the molecule is CNC(=O)c1cc(Nc2nccc(-c3csc(-c4cccc([C@]5(O)CCN(C)C5=O)c4)n3)n2)c(OC2CC2)cc1F. The molecule has 2 aliphatic rings. The molecule has 2 fully saturated rings. The first-order chi connectivity index (χ1) is 19.7. The van der Waals surface area contributed by atoms with E-state index in [-0.39, 0.29) is 29.3 Å². The van der Waals surface area contributed by atoms with Crippen molar-refractivity contribution in [2.24, 2.45) is 0 Å². The highest BCUT2D eigenvalue weighted by atomic mass is 32.1. The largest absolute Gasteiger partial charge is 0.488 e. The Balaban J connectivity index is 1.27. The summed E-state index contributed by atoms with van der Waals surface area (Å²) in [6.45, 7) is 0.490. The lowest BCUT2D eigenvalue weighted by Gasteiger charge is -2.21. The minimum atomic E-state index is -1.54. The number of aromatic nitrogens is 3. The lowest BCUT2D eigenvalue weighted by Crippen LogP contribution is -2.36. The molecule has 1 aliphatic carbocycles. The summed E-state index contributed by atoms with van der Waals surface area (Å²) < 4.78 is 20.5. The summed E-state index contributed by atoms with van der Waals surface area (Å²) in [6, 6.07) is 11.5. The predicted molar refractivity (Wildman–Crippen MR) is 151 cm³/mol. The number of anilines is 2. The van der Waals surface area contributed by atoms with E-state index < -0.39 is 17.3 Å². The number of carbonyl (C=O) groups excluding carboxylic acids is 2. The van der Waals surface area contributed by atoms with E-state index >= 15 is 0 Å². The van der Waals surface area contributed by atoms with Crippen LogP contribution in [-0.4, -0.2) is 63.5 Å². The number of carbonyl (C=O) groups is 2. The molecule has 2 aromatic heterocycles. The molecule has 3 N–H and O–H groups in total. The second-order valence-electron chi connectivity index (χ2n) is 10.1. The second-order valence-corrected chi connectivity index (χ2v) is 10.9. The van der Waals surface area contributed by atoms with Crippen LogP contribution in [0.5, 0.6) is 5.75 Å². The van der Waals surface area contributed by atoms with E-state index in [9.17, 15) is 19.1 Å². The van der Waals surface area contributed by atoms with E-state index in [4.69, 9.17) is 9.72 Å². The minimum Gasteiger partial charge on any atom is -0.488 e. The number of nitrogens with zero attached hydrogens (tertiary/aromatic N) is 4. The third-order valence-electron chi connectivity index (χ3n) is 7.12. The van der Waals surface area contributed by atoms with Gasteiger partial charge in [0.2, 0.25) is 5.95 Å². The zero-order valence-corrected chi connectivity index (χ0v) is 23.2. The molecule has 2 amide bonds. The Morgan fingerprint density at radius 3 is 2.76 bits per heavy atom. The molecule has 1 saturated heterocycles. The van der Waals surface area contributed by atoms with Crippen LogP contribution in [0.15, 0.2) is 54.0 Å². The summed E-state index contributed by atoms with van der Waals surface area (Å²) in [5.74, 6) is -1.06. The average molecular weight is 575 g/mol. The van der Waals surface area contributed by atoms with Gasteiger partial charge in [0.25, 0.3) is 11.8 Å². The number of hydrogen-bond donors (Lipinski definition) is 3.